The standard InChI is InChI=1S/C11H15F2N7/c1-2-3-15-9-17-10(16-6-8(12)13)19-11(18-9)20-5-4-14-7-20/h4-5,7-8H,2-3,6H2,1H3,(H2,15,16,17,18,19). The summed E-state index contributed by atoms with van der Waals surface area (Å²) in [6, 6.07) is 0. The van der Waals surface area contributed by atoms with Crippen molar-refractivity contribution in [3.8, 4) is 5.95 Å². The van der Waals surface area contributed by atoms with Gasteiger partial charge in [0.25, 0.3) is 6.43 Å². The molecule has 0 amide bonds. The van der Waals surface area contributed by atoms with E-state index in [0.717, 1.165) is 6.42 Å². The Morgan fingerprint density at radius 2 is 1.95 bits per heavy atom. The normalized spacial score (nSPS) is 10.8. The number of nitrogens with zero attached hydrogens (tertiary/aromatic N) is 5. The molecule has 108 valence electrons. The lowest BCUT2D eigenvalue weighted by Crippen LogP contribution is -2.16. The van der Waals surface area contributed by atoms with Crippen LogP contribution in [0.15, 0.2) is 18.7 Å². The second-order valence-electron chi connectivity index (χ2n) is 3.95. The monoisotopic (exact) mass is 283 g/mol. The van der Waals surface area contributed by atoms with E-state index in [1.165, 1.54) is 6.33 Å². The van der Waals surface area contributed by atoms with Gasteiger partial charge in [-0.25, -0.2) is 13.8 Å². The molecule has 0 fully saturated rings. The molecule has 2 aromatic heterocycles. The van der Waals surface area contributed by atoms with Crippen LogP contribution >= 0.6 is 0 Å². The lowest BCUT2D eigenvalue weighted by molar-refractivity contribution is 0.163. The zero-order chi connectivity index (χ0) is 14.4. The van der Waals surface area contributed by atoms with Crippen molar-refractivity contribution in [1.82, 2.24) is 24.5 Å². The van der Waals surface area contributed by atoms with E-state index in [2.05, 4.69) is 30.6 Å². The van der Waals surface area contributed by atoms with Crippen molar-refractivity contribution in [2.24, 2.45) is 0 Å². The Bertz CT molecular complexity index is 530. The van der Waals surface area contributed by atoms with E-state index in [1.54, 1.807) is 17.0 Å². The highest BCUT2D eigenvalue weighted by atomic mass is 19.3. The quantitative estimate of drug-likeness (QED) is 0.802. The fraction of sp³-hybridized carbons (Fsp3) is 0.455. The van der Waals surface area contributed by atoms with Gasteiger partial charge in [-0.05, 0) is 6.42 Å². The number of imidazole rings is 1. The van der Waals surface area contributed by atoms with E-state index in [4.69, 9.17) is 0 Å². The highest BCUT2D eigenvalue weighted by molar-refractivity contribution is 5.38. The number of hydrogen-bond donors (Lipinski definition) is 2. The third kappa shape index (κ3) is 3.84. The molecule has 0 aliphatic carbocycles. The summed E-state index contributed by atoms with van der Waals surface area (Å²) >= 11 is 0. The Balaban J connectivity index is 2.24. The Hall–Kier alpha value is -2.32. The molecule has 2 heterocycles. The lowest BCUT2D eigenvalue weighted by atomic mass is 10.5. The molecule has 0 aromatic carbocycles. The Morgan fingerprint density at radius 1 is 1.20 bits per heavy atom. The largest absolute Gasteiger partial charge is 0.354 e. The molecular weight excluding hydrogens is 268 g/mol. The van der Waals surface area contributed by atoms with Crippen LogP contribution in [-0.2, 0) is 0 Å². The first kappa shape index (κ1) is 14.1. The van der Waals surface area contributed by atoms with E-state index in [0.29, 0.717) is 18.4 Å². The zero-order valence-electron chi connectivity index (χ0n) is 10.9. The summed E-state index contributed by atoms with van der Waals surface area (Å²) in [5.74, 6) is 0.748. The van der Waals surface area contributed by atoms with Crippen LogP contribution in [0.2, 0.25) is 0 Å². The van der Waals surface area contributed by atoms with Gasteiger partial charge < -0.3 is 10.6 Å². The third-order valence-corrected chi connectivity index (χ3v) is 2.31. The van der Waals surface area contributed by atoms with E-state index in [9.17, 15) is 8.78 Å². The van der Waals surface area contributed by atoms with Crippen molar-refractivity contribution in [3.05, 3.63) is 18.7 Å². The lowest BCUT2D eigenvalue weighted by Gasteiger charge is -2.09. The fourth-order valence-electron chi connectivity index (χ4n) is 1.42. The van der Waals surface area contributed by atoms with Gasteiger partial charge in [-0.3, -0.25) is 4.57 Å². The van der Waals surface area contributed by atoms with Crippen LogP contribution < -0.4 is 10.6 Å². The van der Waals surface area contributed by atoms with Crippen LogP contribution in [0.4, 0.5) is 20.7 Å². The summed E-state index contributed by atoms with van der Waals surface area (Å²) < 4.78 is 26.0. The summed E-state index contributed by atoms with van der Waals surface area (Å²) in [5.41, 5.74) is 0. The second kappa shape index (κ2) is 6.73. The summed E-state index contributed by atoms with van der Waals surface area (Å²) in [6.45, 7) is 2.17. The molecule has 2 aromatic rings. The van der Waals surface area contributed by atoms with Gasteiger partial charge in [0, 0.05) is 18.9 Å². The van der Waals surface area contributed by atoms with Gasteiger partial charge in [-0.2, -0.15) is 15.0 Å². The zero-order valence-corrected chi connectivity index (χ0v) is 10.9. The molecule has 0 saturated carbocycles. The molecule has 0 aliphatic rings. The van der Waals surface area contributed by atoms with Crippen molar-refractivity contribution in [3.63, 3.8) is 0 Å². The van der Waals surface area contributed by atoms with Gasteiger partial charge in [-0.1, -0.05) is 6.92 Å². The number of anilines is 2. The minimum atomic E-state index is -2.48. The van der Waals surface area contributed by atoms with E-state index in [-0.39, 0.29) is 5.95 Å². The van der Waals surface area contributed by atoms with Gasteiger partial charge in [0.05, 0.1) is 6.54 Å². The molecule has 20 heavy (non-hydrogen) atoms. The van der Waals surface area contributed by atoms with E-state index < -0.39 is 13.0 Å². The SMILES string of the molecule is CCCNc1nc(NCC(F)F)nc(-n2ccnc2)n1. The Morgan fingerprint density at radius 3 is 2.55 bits per heavy atom. The smallest absolute Gasteiger partial charge is 0.255 e. The summed E-state index contributed by atoms with van der Waals surface area (Å²) in [7, 11) is 0. The summed E-state index contributed by atoms with van der Waals surface area (Å²) in [5, 5.41) is 5.48. The van der Waals surface area contributed by atoms with Crippen molar-refractivity contribution in [2.45, 2.75) is 19.8 Å². The molecule has 0 spiro atoms. The maximum atomic E-state index is 12.2. The minimum Gasteiger partial charge on any atom is -0.354 e. The van der Waals surface area contributed by atoms with Gasteiger partial charge in [0.1, 0.15) is 6.33 Å². The number of alkyl halides is 2. The molecule has 9 heteroatoms. The van der Waals surface area contributed by atoms with Crippen LogP contribution in [0.5, 0.6) is 0 Å². The van der Waals surface area contributed by atoms with Crippen LogP contribution in [0, 0.1) is 0 Å². The van der Waals surface area contributed by atoms with Crippen molar-refractivity contribution in [1.29, 1.82) is 0 Å². The molecule has 0 bridgehead atoms. The average molecular weight is 283 g/mol. The average Bonchev–Trinajstić information content (AvgIpc) is 2.97. The number of aromatic nitrogens is 5. The van der Waals surface area contributed by atoms with E-state index in [1.807, 2.05) is 6.92 Å². The van der Waals surface area contributed by atoms with Crippen molar-refractivity contribution in [2.75, 3.05) is 23.7 Å². The van der Waals surface area contributed by atoms with Crippen LogP contribution in [0.1, 0.15) is 13.3 Å². The van der Waals surface area contributed by atoms with E-state index >= 15 is 0 Å². The van der Waals surface area contributed by atoms with Gasteiger partial charge in [-0.15, -0.1) is 0 Å². The molecule has 0 radical (unpaired) electrons. The van der Waals surface area contributed by atoms with Crippen molar-refractivity contribution < 1.29 is 8.78 Å². The Labute approximate surface area is 114 Å². The van der Waals surface area contributed by atoms with Gasteiger partial charge in [0.15, 0.2) is 0 Å². The first-order chi connectivity index (χ1) is 9.69. The van der Waals surface area contributed by atoms with Crippen LogP contribution in [0.3, 0.4) is 0 Å². The first-order valence-corrected chi connectivity index (χ1v) is 6.19. The Kier molecular flexibility index (Phi) is 4.75. The topological polar surface area (TPSA) is 80.5 Å². The fourth-order valence-corrected chi connectivity index (χ4v) is 1.42. The maximum absolute atomic E-state index is 12.2. The highest BCUT2D eigenvalue weighted by Gasteiger charge is 2.09. The molecule has 0 atom stereocenters. The number of nitrogens with one attached hydrogen (secondary N) is 2. The highest BCUT2D eigenvalue weighted by Crippen LogP contribution is 2.09. The molecule has 7 nitrogen and oxygen atoms in total. The molecular formula is C11H15F2N7. The molecule has 0 unspecified atom stereocenters. The molecule has 2 rings (SSSR count). The molecule has 2 N–H and O–H groups in total. The third-order valence-electron chi connectivity index (χ3n) is 2.31. The van der Waals surface area contributed by atoms with Crippen LogP contribution in [0.25, 0.3) is 5.95 Å². The predicted molar refractivity (Wildman–Crippen MR) is 70.2 cm³/mol. The summed E-state index contributed by atoms with van der Waals surface area (Å²) in [4.78, 5) is 16.2. The van der Waals surface area contributed by atoms with Crippen LogP contribution in [-0.4, -0.2) is 44.0 Å². The maximum Gasteiger partial charge on any atom is 0.255 e. The molecule has 0 saturated heterocycles. The van der Waals surface area contributed by atoms with Gasteiger partial charge in [0.2, 0.25) is 17.8 Å². The number of hydrogen-bond acceptors (Lipinski definition) is 6. The minimum absolute atomic E-state index is 0.0996. The predicted octanol–water partition coefficient (Wildman–Crippen LogP) is 1.56. The van der Waals surface area contributed by atoms with Crippen molar-refractivity contribution >= 4 is 11.9 Å². The summed E-state index contributed by atoms with van der Waals surface area (Å²) in [6.07, 6.45) is 3.18. The second-order valence-corrected chi connectivity index (χ2v) is 3.95. The number of halogens is 2. The van der Waals surface area contributed by atoms with Gasteiger partial charge >= 0.3 is 0 Å². The first-order valence-electron chi connectivity index (χ1n) is 6.19. The number of rotatable bonds is 7. The molecule has 0 aliphatic heterocycles.